The van der Waals surface area contributed by atoms with Gasteiger partial charge in [0, 0.05) is 6.54 Å². The second-order valence-corrected chi connectivity index (χ2v) is 6.33. The van der Waals surface area contributed by atoms with E-state index in [2.05, 4.69) is 48.5 Å². The van der Waals surface area contributed by atoms with Gasteiger partial charge in [-0.3, -0.25) is 0 Å². The van der Waals surface area contributed by atoms with Crippen molar-refractivity contribution in [1.82, 2.24) is 9.55 Å². The zero-order valence-electron chi connectivity index (χ0n) is 14.0. The summed E-state index contributed by atoms with van der Waals surface area (Å²) in [5.74, 6) is 1.22. The molecule has 23 heavy (non-hydrogen) atoms. The van der Waals surface area contributed by atoms with Crippen molar-refractivity contribution in [2.45, 2.75) is 45.8 Å². The van der Waals surface area contributed by atoms with Crippen LogP contribution in [0.25, 0.3) is 11.0 Å². The normalized spacial score (nSPS) is 12.9. The van der Waals surface area contributed by atoms with Gasteiger partial charge in [-0.1, -0.05) is 57.2 Å². The number of benzene rings is 2. The van der Waals surface area contributed by atoms with Crippen molar-refractivity contribution in [3.63, 3.8) is 0 Å². The highest BCUT2D eigenvalue weighted by atomic mass is 16.3. The summed E-state index contributed by atoms with van der Waals surface area (Å²) in [6.07, 6.45) is 0.307. The lowest BCUT2D eigenvalue weighted by Gasteiger charge is -2.15. The molecule has 0 radical (unpaired) electrons. The third-order valence-electron chi connectivity index (χ3n) is 4.29. The van der Waals surface area contributed by atoms with Crippen LogP contribution in [0.2, 0.25) is 0 Å². The lowest BCUT2D eigenvalue weighted by Crippen LogP contribution is -2.10. The first kappa shape index (κ1) is 15.8. The van der Waals surface area contributed by atoms with Gasteiger partial charge in [0.15, 0.2) is 0 Å². The quantitative estimate of drug-likeness (QED) is 0.745. The molecule has 3 heteroatoms. The van der Waals surface area contributed by atoms with E-state index in [1.165, 1.54) is 5.56 Å². The number of hydrogen-bond acceptors (Lipinski definition) is 2. The maximum atomic E-state index is 10.8. The standard InChI is InChI=1S/C20H24N2O/c1-4-13-22-18-8-6-5-7-17(18)21-20(22)19(23)16-11-9-15(10-12-16)14(2)3/h5-12,14,19,23H,4,13H2,1-3H3/t19-/m0/s1. The summed E-state index contributed by atoms with van der Waals surface area (Å²) in [7, 11) is 0. The van der Waals surface area contributed by atoms with Crippen LogP contribution in [0.1, 0.15) is 56.2 Å². The van der Waals surface area contributed by atoms with Crippen LogP contribution in [-0.4, -0.2) is 14.7 Å². The first-order valence-electron chi connectivity index (χ1n) is 8.35. The third kappa shape index (κ3) is 3.02. The molecule has 1 N–H and O–H groups in total. The predicted molar refractivity (Wildman–Crippen MR) is 94.6 cm³/mol. The summed E-state index contributed by atoms with van der Waals surface area (Å²) < 4.78 is 2.14. The Morgan fingerprint density at radius 3 is 2.30 bits per heavy atom. The van der Waals surface area contributed by atoms with E-state index < -0.39 is 6.10 Å². The number of aromatic nitrogens is 2. The SMILES string of the molecule is CCCn1c([C@@H](O)c2ccc(C(C)C)cc2)nc2ccccc21. The van der Waals surface area contributed by atoms with Crippen molar-refractivity contribution in [2.24, 2.45) is 0 Å². The zero-order chi connectivity index (χ0) is 16.4. The molecule has 120 valence electrons. The van der Waals surface area contributed by atoms with Gasteiger partial charge in [-0.2, -0.15) is 0 Å². The van der Waals surface area contributed by atoms with Crippen molar-refractivity contribution in [2.75, 3.05) is 0 Å². The molecular weight excluding hydrogens is 284 g/mol. The molecule has 0 spiro atoms. The van der Waals surface area contributed by atoms with E-state index in [0.717, 1.165) is 35.4 Å². The maximum Gasteiger partial charge on any atom is 0.143 e. The van der Waals surface area contributed by atoms with Crippen LogP contribution >= 0.6 is 0 Å². The summed E-state index contributed by atoms with van der Waals surface area (Å²) in [5, 5.41) is 10.8. The van der Waals surface area contributed by atoms with E-state index in [-0.39, 0.29) is 0 Å². The van der Waals surface area contributed by atoms with Gasteiger partial charge in [0.1, 0.15) is 11.9 Å². The van der Waals surface area contributed by atoms with Crippen LogP contribution in [0.3, 0.4) is 0 Å². The lowest BCUT2D eigenvalue weighted by atomic mass is 10.00. The number of hydrogen-bond donors (Lipinski definition) is 1. The van der Waals surface area contributed by atoms with E-state index in [1.54, 1.807) is 0 Å². The molecule has 3 rings (SSSR count). The second kappa shape index (κ2) is 6.55. The molecule has 3 aromatic rings. The Morgan fingerprint density at radius 2 is 1.65 bits per heavy atom. The van der Waals surface area contributed by atoms with E-state index in [9.17, 15) is 5.11 Å². The minimum atomic E-state index is -0.699. The average Bonchev–Trinajstić information content (AvgIpc) is 2.93. The van der Waals surface area contributed by atoms with E-state index in [0.29, 0.717) is 5.92 Å². The molecule has 1 aromatic heterocycles. The number of aryl methyl sites for hydroxylation is 1. The monoisotopic (exact) mass is 308 g/mol. The molecular formula is C20H24N2O. The fraction of sp³-hybridized carbons (Fsp3) is 0.350. The van der Waals surface area contributed by atoms with Gasteiger partial charge >= 0.3 is 0 Å². The largest absolute Gasteiger partial charge is 0.380 e. The molecule has 0 amide bonds. The van der Waals surface area contributed by atoms with E-state index >= 15 is 0 Å². The Morgan fingerprint density at radius 1 is 1.00 bits per heavy atom. The van der Waals surface area contributed by atoms with Gasteiger partial charge < -0.3 is 9.67 Å². The van der Waals surface area contributed by atoms with E-state index in [4.69, 9.17) is 0 Å². The molecule has 0 unspecified atom stereocenters. The second-order valence-electron chi connectivity index (χ2n) is 6.33. The van der Waals surface area contributed by atoms with Crippen molar-refractivity contribution < 1.29 is 5.11 Å². The van der Waals surface area contributed by atoms with Crippen molar-refractivity contribution in [3.05, 3.63) is 65.5 Å². The summed E-state index contributed by atoms with van der Waals surface area (Å²) in [6.45, 7) is 7.34. The summed E-state index contributed by atoms with van der Waals surface area (Å²) >= 11 is 0. The minimum absolute atomic E-state index is 0.492. The van der Waals surface area contributed by atoms with Crippen LogP contribution in [0.4, 0.5) is 0 Å². The molecule has 2 aromatic carbocycles. The van der Waals surface area contributed by atoms with Gasteiger partial charge in [-0.25, -0.2) is 4.98 Å². The predicted octanol–water partition coefficient (Wildman–Crippen LogP) is 4.65. The van der Waals surface area contributed by atoms with Gasteiger partial charge in [0.25, 0.3) is 0 Å². The number of aliphatic hydroxyl groups excluding tert-OH is 1. The summed E-state index contributed by atoms with van der Waals surface area (Å²) in [5.41, 5.74) is 4.20. The average molecular weight is 308 g/mol. The third-order valence-corrected chi connectivity index (χ3v) is 4.29. The van der Waals surface area contributed by atoms with Gasteiger partial charge in [-0.05, 0) is 35.6 Å². The molecule has 0 aliphatic rings. The van der Waals surface area contributed by atoms with Gasteiger partial charge in [0.2, 0.25) is 0 Å². The maximum absolute atomic E-state index is 10.8. The zero-order valence-corrected chi connectivity index (χ0v) is 14.0. The van der Waals surface area contributed by atoms with Crippen LogP contribution in [0.15, 0.2) is 48.5 Å². The molecule has 0 fully saturated rings. The van der Waals surface area contributed by atoms with Crippen LogP contribution in [0.5, 0.6) is 0 Å². The first-order valence-corrected chi connectivity index (χ1v) is 8.35. The Labute approximate surface area is 137 Å². The first-order chi connectivity index (χ1) is 11.1. The van der Waals surface area contributed by atoms with Gasteiger partial charge in [-0.15, -0.1) is 0 Å². The van der Waals surface area contributed by atoms with Gasteiger partial charge in [0.05, 0.1) is 11.0 Å². The number of fused-ring (bicyclic) bond motifs is 1. The number of imidazole rings is 1. The highest BCUT2D eigenvalue weighted by Gasteiger charge is 2.19. The number of rotatable bonds is 5. The number of aliphatic hydroxyl groups is 1. The van der Waals surface area contributed by atoms with Crippen molar-refractivity contribution in [3.8, 4) is 0 Å². The smallest absolute Gasteiger partial charge is 0.143 e. The minimum Gasteiger partial charge on any atom is -0.380 e. The molecule has 1 heterocycles. The highest BCUT2D eigenvalue weighted by molar-refractivity contribution is 5.76. The molecule has 0 saturated heterocycles. The molecule has 0 aliphatic heterocycles. The Balaban J connectivity index is 2.02. The van der Waals surface area contributed by atoms with Crippen LogP contribution in [-0.2, 0) is 6.54 Å². The molecule has 3 nitrogen and oxygen atoms in total. The van der Waals surface area contributed by atoms with Crippen LogP contribution < -0.4 is 0 Å². The highest BCUT2D eigenvalue weighted by Crippen LogP contribution is 2.27. The summed E-state index contributed by atoms with van der Waals surface area (Å²) in [4.78, 5) is 4.68. The topological polar surface area (TPSA) is 38.0 Å². The van der Waals surface area contributed by atoms with Crippen LogP contribution in [0, 0.1) is 0 Å². The Bertz CT molecular complexity index is 787. The lowest BCUT2D eigenvalue weighted by molar-refractivity contribution is 0.205. The van der Waals surface area contributed by atoms with Crippen molar-refractivity contribution in [1.29, 1.82) is 0 Å². The Hall–Kier alpha value is -2.13. The number of para-hydroxylation sites is 2. The fourth-order valence-corrected chi connectivity index (χ4v) is 2.97. The molecule has 0 aliphatic carbocycles. The molecule has 1 atom stereocenters. The van der Waals surface area contributed by atoms with Crippen molar-refractivity contribution >= 4 is 11.0 Å². The Kier molecular flexibility index (Phi) is 4.49. The fourth-order valence-electron chi connectivity index (χ4n) is 2.97. The summed E-state index contributed by atoms with van der Waals surface area (Å²) in [6, 6.07) is 16.3. The number of nitrogens with zero attached hydrogens (tertiary/aromatic N) is 2. The van der Waals surface area contributed by atoms with E-state index in [1.807, 2.05) is 30.3 Å². The molecule has 0 bridgehead atoms. The molecule has 0 saturated carbocycles.